The zero-order valence-electron chi connectivity index (χ0n) is 11.6. The molecule has 2 aliphatic rings. The highest BCUT2D eigenvalue weighted by Gasteiger charge is 2.34. The van der Waals surface area contributed by atoms with Crippen molar-refractivity contribution < 1.29 is 4.79 Å². The van der Waals surface area contributed by atoms with E-state index in [9.17, 15) is 4.79 Å². The number of amides is 1. The van der Waals surface area contributed by atoms with Gasteiger partial charge in [-0.3, -0.25) is 14.7 Å². The van der Waals surface area contributed by atoms with Gasteiger partial charge in [0.2, 0.25) is 5.91 Å². The van der Waals surface area contributed by atoms with Crippen LogP contribution in [0.4, 0.5) is 0 Å². The summed E-state index contributed by atoms with van der Waals surface area (Å²) < 4.78 is 1.08. The summed E-state index contributed by atoms with van der Waals surface area (Å²) in [5.41, 5.74) is 1.20. The lowest BCUT2D eigenvalue weighted by Gasteiger charge is -2.32. The first kappa shape index (κ1) is 14.6. The molecule has 0 saturated carbocycles. The molecule has 3 rings (SSSR count). The maximum atomic E-state index is 12.4. The Hall–Kier alpha value is -1.33. The molecule has 0 radical (unpaired) electrons. The van der Waals surface area contributed by atoms with E-state index in [1.807, 2.05) is 42.5 Å². The molecule has 2 atom stereocenters. The molecule has 0 aromatic heterocycles. The molecular formula is C16H15BrN2OS. The molecule has 0 N–H and O–H groups in total. The minimum absolute atomic E-state index is 0.0552. The predicted molar refractivity (Wildman–Crippen MR) is 91.2 cm³/mol. The topological polar surface area (TPSA) is 32.7 Å². The van der Waals surface area contributed by atoms with Gasteiger partial charge in [-0.1, -0.05) is 70.2 Å². The van der Waals surface area contributed by atoms with Gasteiger partial charge in [0, 0.05) is 17.3 Å². The van der Waals surface area contributed by atoms with E-state index >= 15 is 0 Å². The molecule has 21 heavy (non-hydrogen) atoms. The van der Waals surface area contributed by atoms with Gasteiger partial charge in [0.05, 0.1) is 12.0 Å². The first-order chi connectivity index (χ1) is 10.2. The Morgan fingerprint density at radius 1 is 1.29 bits per heavy atom. The molecule has 1 aliphatic heterocycles. The highest BCUT2D eigenvalue weighted by atomic mass is 79.9. The number of aliphatic imine (C=N–C) groups is 1. The normalized spacial score (nSPS) is 24.0. The van der Waals surface area contributed by atoms with E-state index in [0.29, 0.717) is 0 Å². The van der Waals surface area contributed by atoms with Crippen LogP contribution in [-0.4, -0.2) is 29.1 Å². The highest BCUT2D eigenvalue weighted by Crippen LogP contribution is 2.29. The zero-order valence-corrected chi connectivity index (χ0v) is 14.0. The number of benzene rings is 1. The van der Waals surface area contributed by atoms with Crippen LogP contribution < -0.4 is 0 Å². The van der Waals surface area contributed by atoms with Crippen LogP contribution in [0, 0.1) is 5.92 Å². The summed E-state index contributed by atoms with van der Waals surface area (Å²) in [4.78, 5) is 18.8. The molecule has 1 aromatic rings. The second-order valence-electron chi connectivity index (χ2n) is 4.98. The maximum Gasteiger partial charge on any atom is 0.237 e. The summed E-state index contributed by atoms with van der Waals surface area (Å²) in [6, 6.07) is 8.06. The second kappa shape index (κ2) is 6.20. The number of nitrogens with zero attached hydrogens (tertiary/aromatic N) is 2. The van der Waals surface area contributed by atoms with Crippen molar-refractivity contribution in [3.8, 4) is 0 Å². The first-order valence-corrected chi connectivity index (χ1v) is 8.51. The van der Waals surface area contributed by atoms with Gasteiger partial charge in [0.15, 0.2) is 5.17 Å². The summed E-state index contributed by atoms with van der Waals surface area (Å²) >= 11 is 5.15. The number of carbonyl (C=O) groups is 1. The average molecular weight is 363 g/mol. The van der Waals surface area contributed by atoms with Crippen molar-refractivity contribution in [1.29, 1.82) is 0 Å². The zero-order chi connectivity index (χ0) is 14.8. The lowest BCUT2D eigenvalue weighted by atomic mass is 9.93. The van der Waals surface area contributed by atoms with Gasteiger partial charge in [-0.15, -0.1) is 0 Å². The van der Waals surface area contributed by atoms with Crippen molar-refractivity contribution in [2.45, 2.75) is 11.8 Å². The van der Waals surface area contributed by atoms with Crippen molar-refractivity contribution in [2.75, 3.05) is 7.05 Å². The third-order valence-electron chi connectivity index (χ3n) is 3.58. The van der Waals surface area contributed by atoms with Gasteiger partial charge in [-0.05, 0) is 11.6 Å². The van der Waals surface area contributed by atoms with E-state index in [0.717, 1.165) is 15.4 Å². The van der Waals surface area contributed by atoms with E-state index in [4.69, 9.17) is 4.99 Å². The molecule has 1 amide bonds. The summed E-state index contributed by atoms with van der Waals surface area (Å²) in [7, 11) is 1.80. The fraction of sp³-hybridized carbons (Fsp3) is 0.250. The van der Waals surface area contributed by atoms with Crippen LogP contribution in [0.5, 0.6) is 0 Å². The number of amidine groups is 1. The van der Waals surface area contributed by atoms with Crippen LogP contribution >= 0.6 is 27.7 Å². The third-order valence-corrected chi connectivity index (χ3v) is 5.45. The van der Waals surface area contributed by atoms with Gasteiger partial charge in [-0.2, -0.15) is 0 Å². The van der Waals surface area contributed by atoms with Crippen LogP contribution in [0.3, 0.4) is 0 Å². The van der Waals surface area contributed by atoms with Gasteiger partial charge < -0.3 is 0 Å². The van der Waals surface area contributed by atoms with E-state index in [1.54, 1.807) is 23.7 Å². The minimum Gasteiger partial charge on any atom is -0.294 e. The van der Waals surface area contributed by atoms with E-state index in [2.05, 4.69) is 22.0 Å². The first-order valence-electron chi connectivity index (χ1n) is 6.73. The molecule has 3 nitrogen and oxygen atoms in total. The lowest BCUT2D eigenvalue weighted by molar-refractivity contribution is -0.129. The molecule has 0 bridgehead atoms. The molecule has 1 aliphatic carbocycles. The molecule has 1 aromatic carbocycles. The maximum absolute atomic E-state index is 12.4. The number of halogens is 1. The molecule has 0 spiro atoms. The van der Waals surface area contributed by atoms with Crippen LogP contribution in [-0.2, 0) is 10.5 Å². The highest BCUT2D eigenvalue weighted by molar-refractivity contribution is 9.10. The number of rotatable bonds is 2. The van der Waals surface area contributed by atoms with Crippen molar-refractivity contribution in [2.24, 2.45) is 10.9 Å². The molecule has 0 saturated heterocycles. The van der Waals surface area contributed by atoms with Gasteiger partial charge in [-0.25, -0.2) is 0 Å². The molecule has 0 fully saturated rings. The van der Waals surface area contributed by atoms with Crippen molar-refractivity contribution in [1.82, 2.24) is 4.90 Å². The Morgan fingerprint density at radius 3 is 2.86 bits per heavy atom. The Labute approximate surface area is 136 Å². The van der Waals surface area contributed by atoms with Crippen LogP contribution in [0.25, 0.3) is 0 Å². The third kappa shape index (κ3) is 2.99. The molecule has 5 heteroatoms. The monoisotopic (exact) mass is 362 g/mol. The number of thioether (sulfide) groups is 1. The molecule has 0 unspecified atom stereocenters. The number of carbonyl (C=O) groups excluding carboxylic acids is 1. The van der Waals surface area contributed by atoms with Crippen LogP contribution in [0.1, 0.15) is 5.56 Å². The van der Waals surface area contributed by atoms with E-state index in [-0.39, 0.29) is 17.9 Å². The number of allylic oxidation sites excluding steroid dienone is 2. The second-order valence-corrected chi connectivity index (χ2v) is 6.77. The standard InChI is InChI=1S/C16H15BrN2OS/c1-19-15(20)12-7-3-5-9-14(12)18-16(19)21-10-11-6-2-4-8-13(11)17/h2-9,12,14H,10H2,1H3/t12-,14-/m1/s1. The summed E-state index contributed by atoms with van der Waals surface area (Å²) in [6.07, 6.45) is 7.80. The minimum atomic E-state index is -0.146. The summed E-state index contributed by atoms with van der Waals surface area (Å²) in [6.45, 7) is 0. The summed E-state index contributed by atoms with van der Waals surface area (Å²) in [5, 5.41) is 0.789. The lowest BCUT2D eigenvalue weighted by Crippen LogP contribution is -2.45. The fourth-order valence-corrected chi connectivity index (χ4v) is 4.00. The molecular weight excluding hydrogens is 348 g/mol. The SMILES string of the molecule is CN1C(=O)[C@@H]2C=CC=C[C@H]2N=C1SCc1ccccc1Br. The predicted octanol–water partition coefficient (Wildman–Crippen LogP) is 3.62. The smallest absolute Gasteiger partial charge is 0.237 e. The number of hydrogen-bond donors (Lipinski definition) is 0. The van der Waals surface area contributed by atoms with Crippen LogP contribution in [0.2, 0.25) is 0 Å². The van der Waals surface area contributed by atoms with Gasteiger partial charge >= 0.3 is 0 Å². The average Bonchev–Trinajstić information content (AvgIpc) is 2.51. The Kier molecular flexibility index (Phi) is 4.31. The molecule has 1 heterocycles. The Balaban J connectivity index is 1.77. The number of hydrogen-bond acceptors (Lipinski definition) is 3. The van der Waals surface area contributed by atoms with Gasteiger partial charge in [0.1, 0.15) is 0 Å². The van der Waals surface area contributed by atoms with Gasteiger partial charge in [0.25, 0.3) is 0 Å². The fourth-order valence-electron chi connectivity index (χ4n) is 2.37. The van der Waals surface area contributed by atoms with Crippen molar-refractivity contribution in [3.05, 3.63) is 58.6 Å². The van der Waals surface area contributed by atoms with E-state index < -0.39 is 0 Å². The van der Waals surface area contributed by atoms with Crippen molar-refractivity contribution in [3.63, 3.8) is 0 Å². The molecule has 108 valence electrons. The quantitative estimate of drug-likeness (QED) is 0.804. The van der Waals surface area contributed by atoms with Crippen molar-refractivity contribution >= 4 is 38.8 Å². The largest absolute Gasteiger partial charge is 0.294 e. The Bertz CT molecular complexity index is 653. The van der Waals surface area contributed by atoms with Crippen LogP contribution in [0.15, 0.2) is 58.0 Å². The number of fused-ring (bicyclic) bond motifs is 1. The van der Waals surface area contributed by atoms with E-state index in [1.165, 1.54) is 5.56 Å². The summed E-state index contributed by atoms with van der Waals surface area (Å²) in [5.74, 6) is 0.757. The Morgan fingerprint density at radius 2 is 2.05 bits per heavy atom.